The molecule has 25 heavy (non-hydrogen) atoms. The maximum atomic E-state index is 12.9. The molecule has 1 amide bonds. The van der Waals surface area contributed by atoms with Gasteiger partial charge < -0.3 is 10.0 Å². The summed E-state index contributed by atoms with van der Waals surface area (Å²) >= 11 is 0. The van der Waals surface area contributed by atoms with Crippen LogP contribution in [0.25, 0.3) is 0 Å². The summed E-state index contributed by atoms with van der Waals surface area (Å²) in [6.07, 6.45) is -1.61. The molecule has 2 rings (SSSR count). The van der Waals surface area contributed by atoms with Crippen LogP contribution in [0.3, 0.4) is 0 Å². The van der Waals surface area contributed by atoms with Crippen LogP contribution in [-0.4, -0.2) is 27.9 Å². The molecule has 1 fully saturated rings. The molecule has 0 bridgehead atoms. The monoisotopic (exact) mass is 357 g/mol. The number of unbranched alkanes of at least 4 members (excludes halogenated alkanes) is 1. The van der Waals surface area contributed by atoms with Crippen LogP contribution in [0.15, 0.2) is 24.3 Å². The van der Waals surface area contributed by atoms with Crippen molar-refractivity contribution < 1.29 is 27.9 Å². The number of hydrogen-bond donors (Lipinski definition) is 1. The Bertz CT molecular complexity index is 626. The first-order valence-corrected chi connectivity index (χ1v) is 8.40. The molecule has 138 valence electrons. The maximum Gasteiger partial charge on any atom is 0.416 e. The summed E-state index contributed by atoms with van der Waals surface area (Å²) in [6.45, 7) is 1.74. The average Bonchev–Trinajstić information content (AvgIpc) is 3.35. The van der Waals surface area contributed by atoms with Gasteiger partial charge in [-0.2, -0.15) is 13.2 Å². The summed E-state index contributed by atoms with van der Waals surface area (Å²) in [6, 6.07) is 4.70. The van der Waals surface area contributed by atoms with Gasteiger partial charge in [-0.1, -0.05) is 12.1 Å². The first-order chi connectivity index (χ1) is 11.7. The zero-order valence-electron chi connectivity index (χ0n) is 14.1. The average molecular weight is 357 g/mol. The Morgan fingerprint density at radius 3 is 2.44 bits per heavy atom. The largest absolute Gasteiger partial charge is 0.481 e. The van der Waals surface area contributed by atoms with Gasteiger partial charge in [0.05, 0.1) is 11.6 Å². The third-order valence-corrected chi connectivity index (χ3v) is 4.37. The first-order valence-electron chi connectivity index (χ1n) is 8.40. The molecule has 1 saturated carbocycles. The van der Waals surface area contributed by atoms with Gasteiger partial charge in [0.1, 0.15) is 0 Å². The van der Waals surface area contributed by atoms with Gasteiger partial charge in [-0.3, -0.25) is 9.59 Å². The van der Waals surface area contributed by atoms with Crippen molar-refractivity contribution in [3.8, 4) is 0 Å². The minimum atomic E-state index is -4.42. The molecule has 1 aliphatic carbocycles. The number of halogens is 3. The van der Waals surface area contributed by atoms with Crippen LogP contribution in [-0.2, 0) is 15.8 Å². The van der Waals surface area contributed by atoms with Gasteiger partial charge in [0.2, 0.25) is 5.91 Å². The smallest absolute Gasteiger partial charge is 0.416 e. The third-order valence-electron chi connectivity index (χ3n) is 4.37. The Labute approximate surface area is 144 Å². The lowest BCUT2D eigenvalue weighted by Gasteiger charge is -2.30. The Morgan fingerprint density at radius 2 is 1.88 bits per heavy atom. The summed E-state index contributed by atoms with van der Waals surface area (Å²) in [5.41, 5.74) is -0.262. The van der Waals surface area contributed by atoms with Crippen molar-refractivity contribution in [1.29, 1.82) is 0 Å². The Balaban J connectivity index is 2.06. The Kier molecular flexibility index (Phi) is 6.08. The normalized spacial score (nSPS) is 15.7. The molecule has 0 heterocycles. The van der Waals surface area contributed by atoms with Crippen LogP contribution in [0.5, 0.6) is 0 Å². The van der Waals surface area contributed by atoms with Crippen LogP contribution in [0.2, 0.25) is 0 Å². The molecule has 1 N–H and O–H groups in total. The molecule has 1 aromatic rings. The second kappa shape index (κ2) is 7.89. The lowest BCUT2D eigenvalue weighted by molar-refractivity contribution is -0.138. The lowest BCUT2D eigenvalue weighted by Crippen LogP contribution is -2.35. The second-order valence-electron chi connectivity index (χ2n) is 6.43. The van der Waals surface area contributed by atoms with Crippen molar-refractivity contribution in [1.82, 2.24) is 4.90 Å². The summed E-state index contributed by atoms with van der Waals surface area (Å²) in [4.78, 5) is 24.7. The van der Waals surface area contributed by atoms with Crippen molar-refractivity contribution in [3.63, 3.8) is 0 Å². The van der Waals surface area contributed by atoms with E-state index in [-0.39, 0.29) is 24.8 Å². The number of carbonyl (C=O) groups excluding carboxylic acids is 1. The molecule has 4 nitrogen and oxygen atoms in total. The van der Waals surface area contributed by atoms with Gasteiger partial charge in [0, 0.05) is 18.9 Å². The number of carboxylic acids is 1. The number of alkyl halides is 3. The van der Waals surface area contributed by atoms with E-state index in [2.05, 4.69) is 0 Å². The van der Waals surface area contributed by atoms with Crippen molar-refractivity contribution in [2.75, 3.05) is 0 Å². The maximum absolute atomic E-state index is 12.9. The van der Waals surface area contributed by atoms with Gasteiger partial charge in [0.15, 0.2) is 0 Å². The molecule has 0 radical (unpaired) electrons. The zero-order chi connectivity index (χ0) is 18.6. The Morgan fingerprint density at radius 1 is 1.24 bits per heavy atom. The van der Waals surface area contributed by atoms with Gasteiger partial charge in [-0.15, -0.1) is 0 Å². The van der Waals surface area contributed by atoms with Gasteiger partial charge in [0.25, 0.3) is 0 Å². The molecule has 7 heteroatoms. The topological polar surface area (TPSA) is 57.6 Å². The quantitative estimate of drug-likeness (QED) is 0.702. The minimum Gasteiger partial charge on any atom is -0.481 e. The molecule has 1 aromatic carbocycles. The zero-order valence-corrected chi connectivity index (χ0v) is 14.1. The highest BCUT2D eigenvalue weighted by atomic mass is 19.4. The molecular weight excluding hydrogens is 335 g/mol. The predicted octanol–water partition coefficient (Wildman–Crippen LogP) is 4.40. The fraction of sp³-hybridized carbons (Fsp3) is 0.556. The van der Waals surface area contributed by atoms with E-state index >= 15 is 0 Å². The van der Waals surface area contributed by atoms with E-state index < -0.39 is 23.8 Å². The van der Waals surface area contributed by atoms with Crippen LogP contribution in [0.4, 0.5) is 13.2 Å². The van der Waals surface area contributed by atoms with E-state index in [4.69, 9.17) is 5.11 Å². The van der Waals surface area contributed by atoms with Crippen LogP contribution < -0.4 is 0 Å². The lowest BCUT2D eigenvalue weighted by atomic mass is 10.0. The van der Waals surface area contributed by atoms with E-state index in [1.165, 1.54) is 6.07 Å². The van der Waals surface area contributed by atoms with Crippen LogP contribution >= 0.6 is 0 Å². The Hall–Kier alpha value is -2.05. The molecule has 1 unspecified atom stereocenters. The van der Waals surface area contributed by atoms with Crippen molar-refractivity contribution in [2.45, 2.75) is 63.7 Å². The highest BCUT2D eigenvalue weighted by molar-refractivity contribution is 5.77. The minimum absolute atomic E-state index is 0.0138. The number of amides is 1. The highest BCUT2D eigenvalue weighted by Gasteiger charge is 2.37. The number of hydrogen-bond acceptors (Lipinski definition) is 2. The summed E-state index contributed by atoms with van der Waals surface area (Å²) in [5.74, 6) is -1.03. The fourth-order valence-corrected chi connectivity index (χ4v) is 2.91. The van der Waals surface area contributed by atoms with E-state index in [0.717, 1.165) is 25.0 Å². The van der Waals surface area contributed by atoms with E-state index in [9.17, 15) is 22.8 Å². The second-order valence-corrected chi connectivity index (χ2v) is 6.43. The molecule has 0 saturated heterocycles. The third kappa shape index (κ3) is 5.47. The van der Waals surface area contributed by atoms with Gasteiger partial charge in [-0.05, 0) is 50.3 Å². The number of carbonyl (C=O) groups is 2. The standard InChI is InChI=1S/C18H22F3NO3/c1-12(13-5-4-6-14(11-13)18(19,20)21)22(15-9-10-15)16(23)7-2-3-8-17(24)25/h4-6,11-12,15H,2-3,7-10H2,1H3,(H,24,25). The summed E-state index contributed by atoms with van der Waals surface area (Å²) in [7, 11) is 0. The van der Waals surface area contributed by atoms with Crippen LogP contribution in [0, 0.1) is 0 Å². The van der Waals surface area contributed by atoms with Crippen molar-refractivity contribution in [2.24, 2.45) is 0 Å². The van der Waals surface area contributed by atoms with E-state index in [0.29, 0.717) is 18.4 Å². The fourth-order valence-electron chi connectivity index (χ4n) is 2.91. The highest BCUT2D eigenvalue weighted by Crippen LogP contribution is 2.37. The SMILES string of the molecule is CC(c1cccc(C(F)(F)F)c1)N(C(=O)CCCCC(=O)O)C1CC1. The van der Waals surface area contributed by atoms with Gasteiger partial charge >= 0.3 is 12.1 Å². The number of benzene rings is 1. The molecule has 1 atom stereocenters. The van der Waals surface area contributed by atoms with Crippen molar-refractivity contribution in [3.05, 3.63) is 35.4 Å². The molecule has 0 aliphatic heterocycles. The molecule has 0 spiro atoms. The summed E-state index contributed by atoms with van der Waals surface area (Å²) in [5, 5.41) is 8.63. The predicted molar refractivity (Wildman–Crippen MR) is 85.8 cm³/mol. The van der Waals surface area contributed by atoms with Gasteiger partial charge in [-0.25, -0.2) is 0 Å². The molecule has 0 aromatic heterocycles. The number of rotatable bonds is 8. The van der Waals surface area contributed by atoms with E-state index in [1.54, 1.807) is 17.9 Å². The number of aliphatic carboxylic acids is 1. The van der Waals surface area contributed by atoms with E-state index in [1.807, 2.05) is 0 Å². The number of carboxylic acid groups (broad SMARTS) is 1. The summed E-state index contributed by atoms with van der Waals surface area (Å²) < 4.78 is 38.7. The van der Waals surface area contributed by atoms with Crippen LogP contribution in [0.1, 0.15) is 62.6 Å². The number of nitrogens with zero attached hydrogens (tertiary/aromatic N) is 1. The first kappa shape index (κ1) is 19.3. The molecular formula is C18H22F3NO3. The molecule has 1 aliphatic rings. The van der Waals surface area contributed by atoms with Crippen molar-refractivity contribution >= 4 is 11.9 Å².